The maximum atomic E-state index is 11.3. The Morgan fingerprint density at radius 2 is 1.85 bits per heavy atom. The minimum absolute atomic E-state index is 0.125. The molecule has 0 aliphatic heterocycles. The van der Waals surface area contributed by atoms with Crippen molar-refractivity contribution in [2.45, 2.75) is 45.6 Å². The van der Waals surface area contributed by atoms with E-state index in [-0.39, 0.29) is 5.91 Å². The van der Waals surface area contributed by atoms with E-state index in [1.807, 2.05) is 25.1 Å². The first-order valence-electron chi connectivity index (χ1n) is 9.62. The van der Waals surface area contributed by atoms with E-state index in [0.29, 0.717) is 6.42 Å². The third-order valence-corrected chi connectivity index (χ3v) is 4.96. The fourth-order valence-corrected chi connectivity index (χ4v) is 3.33. The Hall–Kier alpha value is -2.33. The van der Waals surface area contributed by atoms with Gasteiger partial charge in [-0.25, -0.2) is 4.98 Å². The maximum absolute atomic E-state index is 11.3. The third kappa shape index (κ3) is 5.33. The molecule has 0 atom stereocenters. The Kier molecular flexibility index (Phi) is 6.88. The van der Waals surface area contributed by atoms with Crippen LogP contribution in [-0.2, 0) is 17.8 Å². The molecule has 27 heavy (non-hydrogen) atoms. The van der Waals surface area contributed by atoms with Gasteiger partial charge < -0.3 is 9.88 Å². The minimum Gasteiger partial charge on any atom is -0.356 e. The molecule has 1 aromatic heterocycles. The van der Waals surface area contributed by atoms with Crippen LogP contribution in [0.2, 0.25) is 5.02 Å². The monoisotopic (exact) mass is 383 g/mol. The van der Waals surface area contributed by atoms with E-state index in [1.54, 1.807) is 0 Å². The van der Waals surface area contributed by atoms with Crippen LogP contribution in [0.15, 0.2) is 48.5 Å². The number of carbonyl (C=O) groups is 1. The van der Waals surface area contributed by atoms with Gasteiger partial charge in [0.05, 0.1) is 11.0 Å². The summed E-state index contributed by atoms with van der Waals surface area (Å²) in [6.45, 7) is 3.42. The molecule has 0 aliphatic rings. The molecule has 0 spiro atoms. The number of imidazole rings is 1. The van der Waals surface area contributed by atoms with Gasteiger partial charge in [0, 0.05) is 31.0 Å². The lowest BCUT2D eigenvalue weighted by Gasteiger charge is -2.10. The molecule has 4 nitrogen and oxygen atoms in total. The molecule has 0 bridgehead atoms. The first-order chi connectivity index (χ1) is 13.2. The summed E-state index contributed by atoms with van der Waals surface area (Å²) in [7, 11) is 0. The van der Waals surface area contributed by atoms with E-state index >= 15 is 0 Å². The van der Waals surface area contributed by atoms with E-state index in [2.05, 4.69) is 40.2 Å². The highest BCUT2D eigenvalue weighted by molar-refractivity contribution is 6.30. The third-order valence-electron chi connectivity index (χ3n) is 4.71. The summed E-state index contributed by atoms with van der Waals surface area (Å²) in [6, 6.07) is 16.3. The van der Waals surface area contributed by atoms with Crippen molar-refractivity contribution in [2.75, 3.05) is 6.54 Å². The fourth-order valence-electron chi connectivity index (χ4n) is 3.20. The second-order valence-corrected chi connectivity index (χ2v) is 7.18. The Bertz CT molecular complexity index is 886. The predicted octanol–water partition coefficient (Wildman–Crippen LogP) is 4.98. The zero-order valence-electron chi connectivity index (χ0n) is 15.7. The van der Waals surface area contributed by atoms with Gasteiger partial charge in [0.1, 0.15) is 5.82 Å². The largest absolute Gasteiger partial charge is 0.356 e. The molecule has 1 N–H and O–H groups in total. The summed E-state index contributed by atoms with van der Waals surface area (Å²) >= 11 is 6.01. The van der Waals surface area contributed by atoms with Gasteiger partial charge in [0.2, 0.25) is 5.91 Å². The number of benzene rings is 2. The first-order valence-corrected chi connectivity index (χ1v) is 10.0. The molecule has 0 fully saturated rings. The number of nitrogens with zero attached hydrogens (tertiary/aromatic N) is 2. The molecule has 142 valence electrons. The fraction of sp³-hybridized carbons (Fsp3) is 0.364. The Labute approximate surface area is 165 Å². The van der Waals surface area contributed by atoms with Crippen LogP contribution in [0, 0.1) is 0 Å². The number of aromatic nitrogens is 2. The van der Waals surface area contributed by atoms with Crippen molar-refractivity contribution in [2.24, 2.45) is 0 Å². The van der Waals surface area contributed by atoms with E-state index in [0.717, 1.165) is 60.7 Å². The molecule has 3 aromatic rings. The van der Waals surface area contributed by atoms with Crippen molar-refractivity contribution in [3.8, 4) is 0 Å². The number of hydrogen-bond acceptors (Lipinski definition) is 2. The van der Waals surface area contributed by atoms with Crippen molar-refractivity contribution in [1.82, 2.24) is 14.9 Å². The summed E-state index contributed by atoms with van der Waals surface area (Å²) in [5, 5.41) is 3.68. The molecular weight excluding hydrogens is 358 g/mol. The summed E-state index contributed by atoms with van der Waals surface area (Å²) < 4.78 is 2.30. The summed E-state index contributed by atoms with van der Waals surface area (Å²) in [5.41, 5.74) is 3.42. The van der Waals surface area contributed by atoms with Crippen LogP contribution in [0.3, 0.4) is 0 Å². The van der Waals surface area contributed by atoms with Gasteiger partial charge in [-0.15, -0.1) is 0 Å². The minimum atomic E-state index is 0.125. The van der Waals surface area contributed by atoms with Gasteiger partial charge >= 0.3 is 0 Å². The topological polar surface area (TPSA) is 46.9 Å². The van der Waals surface area contributed by atoms with E-state index < -0.39 is 0 Å². The molecule has 2 aromatic carbocycles. The number of hydrogen-bond donors (Lipinski definition) is 1. The van der Waals surface area contributed by atoms with Gasteiger partial charge in [-0.3, -0.25) is 4.79 Å². The Morgan fingerprint density at radius 3 is 2.63 bits per heavy atom. The normalized spacial score (nSPS) is 11.0. The molecule has 0 aliphatic carbocycles. The van der Waals surface area contributed by atoms with Gasteiger partial charge in [-0.1, -0.05) is 49.2 Å². The average Bonchev–Trinajstić information content (AvgIpc) is 3.03. The molecule has 0 radical (unpaired) electrons. The lowest BCUT2D eigenvalue weighted by molar-refractivity contribution is -0.120. The van der Waals surface area contributed by atoms with Crippen LogP contribution < -0.4 is 5.32 Å². The van der Waals surface area contributed by atoms with Gasteiger partial charge in [0.25, 0.3) is 0 Å². The molecular formula is C22H26ClN3O. The molecule has 0 saturated heterocycles. The van der Waals surface area contributed by atoms with E-state index in [4.69, 9.17) is 16.6 Å². The van der Waals surface area contributed by atoms with Crippen molar-refractivity contribution in [1.29, 1.82) is 0 Å². The van der Waals surface area contributed by atoms with Crippen LogP contribution >= 0.6 is 11.6 Å². The summed E-state index contributed by atoms with van der Waals surface area (Å²) in [6.07, 6.45) is 4.63. The van der Waals surface area contributed by atoms with Crippen molar-refractivity contribution < 1.29 is 4.79 Å². The number of unbranched alkanes of at least 4 members (excludes halogenated alkanes) is 2. The van der Waals surface area contributed by atoms with Crippen molar-refractivity contribution in [3.63, 3.8) is 0 Å². The number of aryl methyl sites for hydroxylation is 1. The number of para-hydroxylation sites is 2. The number of nitrogens with one attached hydrogen (secondary N) is 1. The highest BCUT2D eigenvalue weighted by atomic mass is 35.5. The molecule has 0 saturated carbocycles. The average molecular weight is 384 g/mol. The second kappa shape index (κ2) is 9.56. The van der Waals surface area contributed by atoms with Crippen LogP contribution in [0.1, 0.15) is 44.0 Å². The number of carbonyl (C=O) groups excluding carboxylic acids is 1. The van der Waals surface area contributed by atoms with Gasteiger partial charge in [0.15, 0.2) is 0 Å². The van der Waals surface area contributed by atoms with Crippen molar-refractivity contribution >= 4 is 28.5 Å². The lowest BCUT2D eigenvalue weighted by atomic mass is 10.1. The Morgan fingerprint density at radius 1 is 1.07 bits per heavy atom. The zero-order chi connectivity index (χ0) is 19.1. The smallest absolute Gasteiger partial charge is 0.219 e. The second-order valence-electron chi connectivity index (χ2n) is 6.74. The number of amides is 1. The number of fused-ring (bicyclic) bond motifs is 1. The standard InChI is InChI=1S/C22H26ClN3O/c1-2-22(27)24-15-7-3-4-10-21-25-19-8-5-6-9-20(19)26(21)16-17-11-13-18(23)14-12-17/h5-6,8-9,11-14H,2-4,7,10,15-16H2,1H3,(H,24,27). The number of halogens is 1. The van der Waals surface area contributed by atoms with Crippen molar-refractivity contribution in [3.05, 3.63) is 64.9 Å². The maximum Gasteiger partial charge on any atom is 0.219 e. The zero-order valence-corrected chi connectivity index (χ0v) is 16.5. The predicted molar refractivity (Wildman–Crippen MR) is 111 cm³/mol. The summed E-state index contributed by atoms with van der Waals surface area (Å²) in [4.78, 5) is 16.1. The highest BCUT2D eigenvalue weighted by Gasteiger charge is 2.10. The van der Waals surface area contributed by atoms with Crippen LogP contribution in [0.25, 0.3) is 11.0 Å². The van der Waals surface area contributed by atoms with Crippen LogP contribution in [0.5, 0.6) is 0 Å². The van der Waals surface area contributed by atoms with Gasteiger partial charge in [-0.2, -0.15) is 0 Å². The molecule has 1 heterocycles. The first kappa shape index (κ1) is 19.4. The van der Waals surface area contributed by atoms with E-state index in [9.17, 15) is 4.79 Å². The molecule has 5 heteroatoms. The number of rotatable bonds is 9. The molecule has 1 amide bonds. The Balaban J connectivity index is 1.65. The molecule has 0 unspecified atom stereocenters. The van der Waals surface area contributed by atoms with Gasteiger partial charge in [-0.05, 0) is 42.7 Å². The lowest BCUT2D eigenvalue weighted by Crippen LogP contribution is -2.23. The SMILES string of the molecule is CCC(=O)NCCCCCc1nc2ccccc2n1Cc1ccc(Cl)cc1. The van der Waals surface area contributed by atoms with Crippen LogP contribution in [-0.4, -0.2) is 22.0 Å². The highest BCUT2D eigenvalue weighted by Crippen LogP contribution is 2.20. The molecule has 3 rings (SSSR count). The van der Waals surface area contributed by atoms with E-state index in [1.165, 1.54) is 5.56 Å². The quantitative estimate of drug-likeness (QED) is 0.530. The van der Waals surface area contributed by atoms with Crippen LogP contribution in [0.4, 0.5) is 0 Å². The summed E-state index contributed by atoms with van der Waals surface area (Å²) in [5.74, 6) is 1.24.